The summed E-state index contributed by atoms with van der Waals surface area (Å²) in [6.07, 6.45) is 2.90. The van der Waals surface area contributed by atoms with Crippen molar-refractivity contribution < 1.29 is 4.39 Å². The predicted molar refractivity (Wildman–Crippen MR) is 76.5 cm³/mol. The Bertz CT molecular complexity index is 371. The summed E-state index contributed by atoms with van der Waals surface area (Å²) in [7, 11) is 0. The Balaban J connectivity index is 2.49. The van der Waals surface area contributed by atoms with Crippen LogP contribution in [0.15, 0.2) is 18.2 Å². The van der Waals surface area contributed by atoms with Crippen LogP contribution in [-0.2, 0) is 6.42 Å². The lowest BCUT2D eigenvalue weighted by Crippen LogP contribution is -2.20. The van der Waals surface area contributed by atoms with Crippen molar-refractivity contribution in [2.24, 2.45) is 5.41 Å². The molecule has 0 nitrogen and oxygen atoms in total. The molecule has 0 amide bonds. The molecule has 1 rings (SSSR count). The molecule has 0 aromatic heterocycles. The van der Waals surface area contributed by atoms with Crippen molar-refractivity contribution in [3.63, 3.8) is 0 Å². The van der Waals surface area contributed by atoms with Gasteiger partial charge in [0.2, 0.25) is 0 Å². The van der Waals surface area contributed by atoms with Crippen molar-refractivity contribution in [3.05, 3.63) is 34.6 Å². The maximum Gasteiger partial charge on any atom is 0.123 e. The fourth-order valence-corrected chi connectivity index (χ4v) is 2.18. The Morgan fingerprint density at radius 2 is 2.00 bits per heavy atom. The lowest BCUT2D eigenvalue weighted by molar-refractivity contribution is 0.380. The summed E-state index contributed by atoms with van der Waals surface area (Å²) in [6, 6.07) is 4.55. The van der Waals surface area contributed by atoms with E-state index in [0.717, 1.165) is 24.8 Å². The average Bonchev–Trinajstić information content (AvgIpc) is 2.21. The molecule has 0 fully saturated rings. The zero-order valence-electron chi connectivity index (χ0n) is 10.6. The lowest BCUT2D eigenvalue weighted by atomic mass is 9.89. The van der Waals surface area contributed by atoms with Crippen LogP contribution in [0, 0.1) is 11.2 Å². The van der Waals surface area contributed by atoms with E-state index in [4.69, 9.17) is 11.6 Å². The number of alkyl halides is 1. The third-order valence-electron chi connectivity index (χ3n) is 2.85. The topological polar surface area (TPSA) is 0 Å². The highest BCUT2D eigenvalue weighted by Crippen LogP contribution is 2.30. The van der Waals surface area contributed by atoms with Gasteiger partial charge in [0.05, 0.1) is 0 Å². The van der Waals surface area contributed by atoms with Crippen LogP contribution in [0.4, 0.5) is 4.39 Å². The second-order valence-corrected chi connectivity index (χ2v) is 6.97. The molecule has 1 aromatic carbocycles. The van der Waals surface area contributed by atoms with E-state index < -0.39 is 0 Å². The molecule has 1 atom stereocenters. The molecule has 17 heavy (non-hydrogen) atoms. The molecule has 1 unspecified atom stereocenters. The first-order chi connectivity index (χ1) is 7.80. The van der Waals surface area contributed by atoms with Crippen molar-refractivity contribution >= 4 is 27.5 Å². The van der Waals surface area contributed by atoms with Crippen LogP contribution in [0.1, 0.15) is 39.2 Å². The Morgan fingerprint density at radius 3 is 2.59 bits per heavy atom. The van der Waals surface area contributed by atoms with Gasteiger partial charge < -0.3 is 0 Å². The fourth-order valence-electron chi connectivity index (χ4n) is 1.64. The summed E-state index contributed by atoms with van der Waals surface area (Å²) in [5.74, 6) is -0.212. The van der Waals surface area contributed by atoms with E-state index in [1.807, 2.05) is 0 Å². The second kappa shape index (κ2) is 6.19. The van der Waals surface area contributed by atoms with Crippen LogP contribution in [0.3, 0.4) is 0 Å². The highest BCUT2D eigenvalue weighted by atomic mass is 79.9. The minimum absolute atomic E-state index is 0.212. The summed E-state index contributed by atoms with van der Waals surface area (Å²) < 4.78 is 13.1. The molecule has 0 saturated heterocycles. The molecule has 0 aliphatic carbocycles. The average molecular weight is 322 g/mol. The molecule has 0 N–H and O–H groups in total. The standard InChI is InChI=1S/C14H19BrClF/c1-14(2,3)13(15)6-4-5-10-9-11(17)7-8-12(10)16/h7-9,13H,4-6H2,1-3H3. The molecular weight excluding hydrogens is 303 g/mol. The number of halogens is 3. The van der Waals surface area contributed by atoms with Crippen LogP contribution in [0.25, 0.3) is 0 Å². The number of benzene rings is 1. The van der Waals surface area contributed by atoms with Crippen LogP contribution in [0.5, 0.6) is 0 Å². The maximum absolute atomic E-state index is 13.1. The van der Waals surface area contributed by atoms with Gasteiger partial charge >= 0.3 is 0 Å². The lowest BCUT2D eigenvalue weighted by Gasteiger charge is -2.25. The summed E-state index contributed by atoms with van der Waals surface area (Å²) >= 11 is 9.72. The van der Waals surface area contributed by atoms with E-state index in [1.54, 1.807) is 6.07 Å². The Labute approximate surface area is 117 Å². The molecule has 3 heteroatoms. The highest BCUT2D eigenvalue weighted by molar-refractivity contribution is 9.09. The monoisotopic (exact) mass is 320 g/mol. The molecular formula is C14H19BrClF. The summed E-state index contributed by atoms with van der Waals surface area (Å²) in [6.45, 7) is 6.63. The summed E-state index contributed by atoms with van der Waals surface area (Å²) in [5.41, 5.74) is 1.16. The number of hydrogen-bond donors (Lipinski definition) is 0. The minimum Gasteiger partial charge on any atom is -0.207 e. The zero-order valence-corrected chi connectivity index (χ0v) is 12.9. The fraction of sp³-hybridized carbons (Fsp3) is 0.571. The number of aryl methyl sites for hydroxylation is 1. The second-order valence-electron chi connectivity index (χ2n) is 5.46. The maximum atomic E-state index is 13.1. The Hall–Kier alpha value is -0.0800. The van der Waals surface area contributed by atoms with Gasteiger partial charge in [-0.05, 0) is 48.4 Å². The van der Waals surface area contributed by atoms with Crippen molar-refractivity contribution in [2.75, 3.05) is 0 Å². The van der Waals surface area contributed by atoms with Crippen molar-refractivity contribution in [2.45, 2.75) is 44.9 Å². The molecule has 96 valence electrons. The molecule has 0 aliphatic heterocycles. The Kier molecular flexibility index (Phi) is 5.46. The van der Waals surface area contributed by atoms with Gasteiger partial charge in [-0.25, -0.2) is 4.39 Å². The van der Waals surface area contributed by atoms with Gasteiger partial charge in [-0.15, -0.1) is 0 Å². The summed E-state index contributed by atoms with van der Waals surface area (Å²) in [4.78, 5) is 0.474. The molecule has 0 spiro atoms. The van der Waals surface area contributed by atoms with E-state index in [0.29, 0.717) is 9.85 Å². The molecule has 1 aromatic rings. The van der Waals surface area contributed by atoms with Crippen molar-refractivity contribution in [1.82, 2.24) is 0 Å². The largest absolute Gasteiger partial charge is 0.207 e. The van der Waals surface area contributed by atoms with E-state index >= 15 is 0 Å². The zero-order chi connectivity index (χ0) is 13.1. The predicted octanol–water partition coefficient (Wildman–Crippen LogP) is 5.61. The molecule has 0 heterocycles. The summed E-state index contributed by atoms with van der Waals surface area (Å²) in [5, 5.41) is 0.660. The van der Waals surface area contributed by atoms with Crippen molar-refractivity contribution in [1.29, 1.82) is 0 Å². The smallest absolute Gasteiger partial charge is 0.123 e. The third-order valence-corrected chi connectivity index (χ3v) is 5.05. The van der Waals surface area contributed by atoms with Gasteiger partial charge in [0.25, 0.3) is 0 Å². The molecule has 0 aliphatic rings. The molecule has 0 radical (unpaired) electrons. The van der Waals surface area contributed by atoms with Crippen LogP contribution < -0.4 is 0 Å². The first kappa shape index (κ1) is 15.0. The van der Waals surface area contributed by atoms with E-state index in [1.165, 1.54) is 12.1 Å². The van der Waals surface area contributed by atoms with Gasteiger partial charge in [-0.1, -0.05) is 48.3 Å². The van der Waals surface area contributed by atoms with E-state index in [9.17, 15) is 4.39 Å². The first-order valence-corrected chi connectivity index (χ1v) is 7.18. The number of hydrogen-bond acceptors (Lipinski definition) is 0. The van der Waals surface area contributed by atoms with Gasteiger partial charge in [0.1, 0.15) is 5.82 Å². The molecule has 0 saturated carbocycles. The highest BCUT2D eigenvalue weighted by Gasteiger charge is 2.21. The van der Waals surface area contributed by atoms with E-state index in [-0.39, 0.29) is 11.2 Å². The third kappa shape index (κ3) is 4.97. The SMILES string of the molecule is CC(C)(C)C(Br)CCCc1cc(F)ccc1Cl. The van der Waals surface area contributed by atoms with Crippen LogP contribution in [0.2, 0.25) is 5.02 Å². The van der Waals surface area contributed by atoms with Gasteiger partial charge in [0, 0.05) is 9.85 Å². The first-order valence-electron chi connectivity index (χ1n) is 5.88. The number of rotatable bonds is 4. The van der Waals surface area contributed by atoms with Crippen LogP contribution >= 0.6 is 27.5 Å². The normalized spacial score (nSPS) is 13.8. The van der Waals surface area contributed by atoms with Crippen molar-refractivity contribution in [3.8, 4) is 0 Å². The quantitative estimate of drug-likeness (QED) is 0.632. The van der Waals surface area contributed by atoms with Gasteiger partial charge in [-0.2, -0.15) is 0 Å². The van der Waals surface area contributed by atoms with E-state index in [2.05, 4.69) is 36.7 Å². The Morgan fingerprint density at radius 1 is 1.35 bits per heavy atom. The van der Waals surface area contributed by atoms with Gasteiger partial charge in [-0.3, -0.25) is 0 Å². The molecule has 0 bridgehead atoms. The van der Waals surface area contributed by atoms with Crippen LogP contribution in [-0.4, -0.2) is 4.83 Å². The minimum atomic E-state index is -0.212. The van der Waals surface area contributed by atoms with Gasteiger partial charge in [0.15, 0.2) is 0 Å².